The molecule has 10 heteroatoms. The Bertz CT molecular complexity index is 1250. The number of aryl methyl sites for hydroxylation is 1. The molecule has 3 aromatic heterocycles. The second-order valence-corrected chi connectivity index (χ2v) is 8.14. The van der Waals surface area contributed by atoms with Crippen molar-refractivity contribution in [3.05, 3.63) is 78.0 Å². The normalized spacial score (nSPS) is 13.9. The molecule has 0 bridgehead atoms. The lowest BCUT2D eigenvalue weighted by atomic mass is 10.2. The molecule has 0 unspecified atom stereocenters. The maximum atomic E-state index is 13.1. The molecule has 4 aromatic rings. The van der Waals surface area contributed by atoms with E-state index in [-0.39, 0.29) is 11.7 Å². The molecule has 1 aliphatic heterocycles. The molecule has 0 saturated carbocycles. The summed E-state index contributed by atoms with van der Waals surface area (Å²) >= 11 is 0. The molecular weight excluding hydrogens is 435 g/mol. The van der Waals surface area contributed by atoms with Gasteiger partial charge in [0.25, 0.3) is 0 Å². The molecule has 34 heavy (non-hydrogen) atoms. The van der Waals surface area contributed by atoms with E-state index in [0.29, 0.717) is 49.8 Å². The van der Waals surface area contributed by atoms with Crippen LogP contribution in [-0.4, -0.2) is 61.8 Å². The smallest absolute Gasteiger partial charge is 0.223 e. The number of piperazine rings is 1. The predicted molar refractivity (Wildman–Crippen MR) is 126 cm³/mol. The van der Waals surface area contributed by atoms with Crippen LogP contribution in [0.15, 0.2) is 60.8 Å². The standard InChI is InChI=1S/C24H25FN8O/c25-19-6-4-18(5-7-19)17-27-20-8-9-22-28-29-23(33(22)30-20)10-11-24(34)32-15-13-31(14-16-32)21-3-1-2-12-26-21/h1-9,12H,10-11,13-17H2,(H,27,30). The van der Waals surface area contributed by atoms with Crippen LogP contribution >= 0.6 is 0 Å². The topological polar surface area (TPSA) is 91.5 Å². The Labute approximate surface area is 196 Å². The van der Waals surface area contributed by atoms with Gasteiger partial charge in [-0.25, -0.2) is 9.37 Å². The zero-order valence-corrected chi connectivity index (χ0v) is 18.6. The number of nitrogens with one attached hydrogen (secondary N) is 1. The predicted octanol–water partition coefficient (Wildman–Crippen LogP) is 2.55. The number of nitrogens with zero attached hydrogens (tertiary/aromatic N) is 7. The third kappa shape index (κ3) is 4.95. The van der Waals surface area contributed by atoms with Crippen LogP contribution in [0.2, 0.25) is 0 Å². The average Bonchev–Trinajstić information content (AvgIpc) is 3.30. The summed E-state index contributed by atoms with van der Waals surface area (Å²) < 4.78 is 14.8. The number of anilines is 2. The number of aromatic nitrogens is 5. The molecule has 4 heterocycles. The lowest BCUT2D eigenvalue weighted by Gasteiger charge is -2.35. The summed E-state index contributed by atoms with van der Waals surface area (Å²) in [6.07, 6.45) is 2.58. The van der Waals surface area contributed by atoms with Crippen LogP contribution in [0.4, 0.5) is 16.0 Å². The van der Waals surface area contributed by atoms with Crippen LogP contribution in [-0.2, 0) is 17.8 Å². The molecule has 0 radical (unpaired) electrons. The van der Waals surface area contributed by atoms with Crippen molar-refractivity contribution in [2.45, 2.75) is 19.4 Å². The van der Waals surface area contributed by atoms with Gasteiger partial charge in [0.2, 0.25) is 5.91 Å². The number of fused-ring (bicyclic) bond motifs is 1. The Kier molecular flexibility index (Phi) is 6.28. The first-order chi connectivity index (χ1) is 16.7. The minimum atomic E-state index is -0.262. The molecule has 1 aromatic carbocycles. The van der Waals surface area contributed by atoms with Gasteiger partial charge in [0.1, 0.15) is 17.5 Å². The third-order valence-electron chi connectivity index (χ3n) is 5.88. The van der Waals surface area contributed by atoms with Crippen molar-refractivity contribution in [1.29, 1.82) is 0 Å². The number of carbonyl (C=O) groups excluding carboxylic acids is 1. The van der Waals surface area contributed by atoms with Gasteiger partial charge in [-0.15, -0.1) is 15.3 Å². The van der Waals surface area contributed by atoms with Crippen LogP contribution in [0.3, 0.4) is 0 Å². The highest BCUT2D eigenvalue weighted by atomic mass is 19.1. The second kappa shape index (κ2) is 9.82. The molecule has 5 rings (SSSR count). The van der Waals surface area contributed by atoms with Crippen LogP contribution in [0, 0.1) is 5.82 Å². The SMILES string of the molecule is O=C(CCc1nnc2ccc(NCc3ccc(F)cc3)nn12)N1CCN(c2ccccn2)CC1. The zero-order chi connectivity index (χ0) is 23.3. The highest BCUT2D eigenvalue weighted by Crippen LogP contribution is 2.15. The molecular formula is C24H25FN8O. The number of carbonyl (C=O) groups is 1. The molecule has 9 nitrogen and oxygen atoms in total. The highest BCUT2D eigenvalue weighted by Gasteiger charge is 2.22. The van der Waals surface area contributed by atoms with E-state index in [4.69, 9.17) is 0 Å². The van der Waals surface area contributed by atoms with E-state index in [2.05, 4.69) is 30.5 Å². The van der Waals surface area contributed by atoms with Gasteiger partial charge in [-0.3, -0.25) is 4.79 Å². The molecule has 0 aliphatic carbocycles. The van der Waals surface area contributed by atoms with E-state index < -0.39 is 0 Å². The lowest BCUT2D eigenvalue weighted by molar-refractivity contribution is -0.131. The van der Waals surface area contributed by atoms with Gasteiger partial charge in [0, 0.05) is 51.8 Å². The van der Waals surface area contributed by atoms with E-state index in [1.54, 1.807) is 22.8 Å². The Morgan fingerprint density at radius 2 is 1.79 bits per heavy atom. The number of hydrogen-bond acceptors (Lipinski definition) is 7. The Balaban J connectivity index is 1.16. The first-order valence-corrected chi connectivity index (χ1v) is 11.3. The van der Waals surface area contributed by atoms with E-state index >= 15 is 0 Å². The van der Waals surface area contributed by atoms with Gasteiger partial charge in [-0.05, 0) is 42.0 Å². The maximum absolute atomic E-state index is 13.1. The molecule has 174 valence electrons. The maximum Gasteiger partial charge on any atom is 0.223 e. The van der Waals surface area contributed by atoms with E-state index in [1.165, 1.54) is 12.1 Å². The molecule has 0 spiro atoms. The highest BCUT2D eigenvalue weighted by molar-refractivity contribution is 5.76. The molecule has 1 fully saturated rings. The largest absolute Gasteiger partial charge is 0.365 e. The van der Waals surface area contributed by atoms with E-state index in [0.717, 1.165) is 24.5 Å². The fourth-order valence-corrected chi connectivity index (χ4v) is 3.98. The third-order valence-corrected chi connectivity index (χ3v) is 5.88. The first kappa shape index (κ1) is 21.7. The van der Waals surface area contributed by atoms with Crippen LogP contribution in [0.1, 0.15) is 17.8 Å². The fourth-order valence-electron chi connectivity index (χ4n) is 3.98. The fraction of sp³-hybridized carbons (Fsp3) is 0.292. The van der Waals surface area contributed by atoms with Gasteiger partial charge in [0.15, 0.2) is 11.5 Å². The number of rotatable bonds is 7. The summed E-state index contributed by atoms with van der Waals surface area (Å²) in [4.78, 5) is 21.3. The molecule has 1 amide bonds. The van der Waals surface area contributed by atoms with E-state index in [1.807, 2.05) is 35.2 Å². The zero-order valence-electron chi connectivity index (χ0n) is 18.6. The minimum Gasteiger partial charge on any atom is -0.365 e. The molecule has 1 aliphatic rings. The van der Waals surface area contributed by atoms with Crippen molar-refractivity contribution < 1.29 is 9.18 Å². The summed E-state index contributed by atoms with van der Waals surface area (Å²) in [5.74, 6) is 2.07. The Hall–Kier alpha value is -4.08. The molecule has 0 atom stereocenters. The summed E-state index contributed by atoms with van der Waals surface area (Å²) in [6, 6.07) is 15.8. The van der Waals surface area contributed by atoms with Crippen molar-refractivity contribution in [3.8, 4) is 0 Å². The Morgan fingerprint density at radius 1 is 0.971 bits per heavy atom. The average molecular weight is 461 g/mol. The number of hydrogen-bond donors (Lipinski definition) is 1. The summed E-state index contributed by atoms with van der Waals surface area (Å²) in [7, 11) is 0. The monoisotopic (exact) mass is 460 g/mol. The number of halogens is 1. The van der Waals surface area contributed by atoms with Crippen LogP contribution in [0.5, 0.6) is 0 Å². The van der Waals surface area contributed by atoms with Crippen molar-refractivity contribution >= 4 is 23.2 Å². The van der Waals surface area contributed by atoms with Gasteiger partial charge in [-0.1, -0.05) is 18.2 Å². The number of benzene rings is 1. The summed E-state index contributed by atoms with van der Waals surface area (Å²) in [5.41, 5.74) is 1.57. The van der Waals surface area contributed by atoms with Crippen LogP contribution in [0.25, 0.3) is 5.65 Å². The van der Waals surface area contributed by atoms with Crippen molar-refractivity contribution in [2.24, 2.45) is 0 Å². The minimum absolute atomic E-state index is 0.100. The van der Waals surface area contributed by atoms with Crippen molar-refractivity contribution in [2.75, 3.05) is 36.4 Å². The number of pyridine rings is 1. The van der Waals surface area contributed by atoms with Gasteiger partial charge in [0.05, 0.1) is 0 Å². The van der Waals surface area contributed by atoms with E-state index in [9.17, 15) is 9.18 Å². The molecule has 1 saturated heterocycles. The summed E-state index contributed by atoms with van der Waals surface area (Å²) in [5, 5.41) is 16.2. The first-order valence-electron chi connectivity index (χ1n) is 11.3. The number of amides is 1. The van der Waals surface area contributed by atoms with Gasteiger partial charge >= 0.3 is 0 Å². The quantitative estimate of drug-likeness (QED) is 0.453. The lowest BCUT2D eigenvalue weighted by Crippen LogP contribution is -2.49. The van der Waals surface area contributed by atoms with Crippen LogP contribution < -0.4 is 10.2 Å². The Morgan fingerprint density at radius 3 is 2.56 bits per heavy atom. The molecule has 1 N–H and O–H groups in total. The van der Waals surface area contributed by atoms with Gasteiger partial charge in [-0.2, -0.15) is 4.52 Å². The van der Waals surface area contributed by atoms with Gasteiger partial charge < -0.3 is 15.1 Å². The van der Waals surface area contributed by atoms with Crippen molar-refractivity contribution in [1.82, 2.24) is 29.7 Å². The van der Waals surface area contributed by atoms with Crippen molar-refractivity contribution in [3.63, 3.8) is 0 Å². The summed E-state index contributed by atoms with van der Waals surface area (Å²) in [6.45, 7) is 3.39. The second-order valence-electron chi connectivity index (χ2n) is 8.14.